The van der Waals surface area contributed by atoms with Crippen LogP contribution >= 0.6 is 0 Å². The molecule has 0 spiro atoms. The molecule has 0 heterocycles. The number of carbonyl (C=O) groups is 4. The molecule has 0 saturated heterocycles. The fourth-order valence-electron chi connectivity index (χ4n) is 0.441. The number of Topliss-reactive ketones (excluding diaryl/α,β-unsaturated/α-hetero) is 1. The van der Waals surface area contributed by atoms with Crippen molar-refractivity contribution in [2.75, 3.05) is 13.2 Å². The summed E-state index contributed by atoms with van der Waals surface area (Å²) in [6.07, 6.45) is -0.0988. The Kier molecular flexibility index (Phi) is 20.3. The Balaban J connectivity index is -0.000000439. The topological polar surface area (TPSA) is 86.7 Å². The Morgan fingerprint density at radius 1 is 1.00 bits per heavy atom. The van der Waals surface area contributed by atoms with Crippen molar-refractivity contribution in [2.24, 2.45) is 0 Å². The third-order valence-corrected chi connectivity index (χ3v) is 0.945. The van der Waals surface area contributed by atoms with Gasteiger partial charge < -0.3 is 9.47 Å². The molecule has 0 amide bonds. The van der Waals surface area contributed by atoms with Crippen LogP contribution in [0.15, 0.2) is 0 Å². The van der Waals surface area contributed by atoms with Gasteiger partial charge in [0.2, 0.25) is 6.29 Å². The molecule has 0 aliphatic heterocycles. The van der Waals surface area contributed by atoms with Crippen LogP contribution in [0.5, 0.6) is 0 Å². The first-order valence-electron chi connectivity index (χ1n) is 5.43. The second kappa shape index (κ2) is 16.7. The van der Waals surface area contributed by atoms with E-state index in [0.29, 0.717) is 0 Å². The third kappa shape index (κ3) is 14.3. The maximum absolute atomic E-state index is 10.7. The summed E-state index contributed by atoms with van der Waals surface area (Å²) in [6.45, 7) is 8.82. The first-order valence-corrected chi connectivity index (χ1v) is 5.43. The number of rotatable bonds is 5. The van der Waals surface area contributed by atoms with Gasteiger partial charge in [-0.25, -0.2) is 9.59 Å². The van der Waals surface area contributed by atoms with Gasteiger partial charge in [0.1, 0.15) is 0 Å². The predicted octanol–water partition coefficient (Wildman–Crippen LogP) is 0.913. The molecule has 17 heavy (non-hydrogen) atoms. The highest BCUT2D eigenvalue weighted by molar-refractivity contribution is 6.34. The first kappa shape index (κ1) is 20.7. The SMILES string of the molecule is CC.CC.CCOC(=O)C(=O)COC(=O)C=O. The molecule has 6 nitrogen and oxygen atoms in total. The van der Waals surface area contributed by atoms with Crippen LogP contribution in [0.4, 0.5) is 0 Å². The van der Waals surface area contributed by atoms with Gasteiger partial charge in [-0.15, -0.1) is 0 Å². The Morgan fingerprint density at radius 2 is 1.47 bits per heavy atom. The van der Waals surface area contributed by atoms with Crippen molar-refractivity contribution in [2.45, 2.75) is 34.6 Å². The summed E-state index contributed by atoms with van der Waals surface area (Å²) in [5, 5.41) is 0. The minimum Gasteiger partial charge on any atom is -0.460 e. The summed E-state index contributed by atoms with van der Waals surface area (Å²) in [5.41, 5.74) is 0. The molecule has 0 rings (SSSR count). The average molecular weight is 248 g/mol. The quantitative estimate of drug-likeness (QED) is 0.408. The zero-order valence-electron chi connectivity index (χ0n) is 10.9. The summed E-state index contributed by atoms with van der Waals surface area (Å²) in [7, 11) is 0. The maximum Gasteiger partial charge on any atom is 0.378 e. The molecule has 0 bridgehead atoms. The summed E-state index contributed by atoms with van der Waals surface area (Å²) in [5.74, 6) is -3.28. The molecule has 0 unspecified atom stereocenters. The zero-order chi connectivity index (χ0) is 14.3. The summed E-state index contributed by atoms with van der Waals surface area (Å²) in [6, 6.07) is 0. The van der Waals surface area contributed by atoms with Gasteiger partial charge in [-0.2, -0.15) is 0 Å². The van der Waals surface area contributed by atoms with E-state index in [-0.39, 0.29) is 12.9 Å². The molecule has 0 aromatic rings. The number of ether oxygens (including phenoxy) is 2. The minimum absolute atomic E-state index is 0.0617. The van der Waals surface area contributed by atoms with Crippen LogP contribution in [0.1, 0.15) is 34.6 Å². The van der Waals surface area contributed by atoms with Gasteiger partial charge in [-0.3, -0.25) is 9.59 Å². The monoisotopic (exact) mass is 248 g/mol. The van der Waals surface area contributed by atoms with E-state index >= 15 is 0 Å². The van der Waals surface area contributed by atoms with Gasteiger partial charge in [-0.05, 0) is 6.92 Å². The zero-order valence-corrected chi connectivity index (χ0v) is 10.9. The Bertz CT molecular complexity index is 234. The fourth-order valence-corrected chi connectivity index (χ4v) is 0.441. The van der Waals surface area contributed by atoms with Gasteiger partial charge >= 0.3 is 11.9 Å². The molecule has 0 aromatic carbocycles. The normalized spacial score (nSPS) is 7.35. The van der Waals surface area contributed by atoms with E-state index in [0.717, 1.165) is 0 Å². The fraction of sp³-hybridized carbons (Fsp3) is 0.636. The number of esters is 2. The van der Waals surface area contributed by atoms with Crippen molar-refractivity contribution in [3.8, 4) is 0 Å². The highest BCUT2D eigenvalue weighted by atomic mass is 16.6. The maximum atomic E-state index is 10.7. The molecule has 0 fully saturated rings. The van der Waals surface area contributed by atoms with Gasteiger partial charge in [0.15, 0.2) is 6.61 Å². The van der Waals surface area contributed by atoms with Crippen LogP contribution in [0.25, 0.3) is 0 Å². The van der Waals surface area contributed by atoms with Crippen LogP contribution in [-0.2, 0) is 28.7 Å². The smallest absolute Gasteiger partial charge is 0.378 e. The van der Waals surface area contributed by atoms with Gasteiger partial charge in [0, 0.05) is 0 Å². The second-order valence-corrected chi connectivity index (χ2v) is 1.87. The van der Waals surface area contributed by atoms with Gasteiger partial charge in [0.05, 0.1) is 6.61 Å². The van der Waals surface area contributed by atoms with Gasteiger partial charge in [0.25, 0.3) is 5.78 Å². The molecule has 0 aliphatic rings. The summed E-state index contributed by atoms with van der Waals surface area (Å²) in [4.78, 5) is 41.2. The lowest BCUT2D eigenvalue weighted by molar-refractivity contribution is -0.159. The number of carbonyl (C=O) groups excluding carboxylic acids is 4. The van der Waals surface area contributed by atoms with Crippen LogP contribution in [-0.4, -0.2) is 37.2 Å². The highest BCUT2D eigenvalue weighted by Crippen LogP contribution is 1.83. The standard InChI is InChI=1S/C7H8O6.2C2H6/c1-2-12-7(11)5(9)4-13-6(10)3-8;2*1-2/h3H,2,4H2,1H3;2*1-2H3. The molecule has 0 atom stereocenters. The van der Waals surface area contributed by atoms with E-state index in [4.69, 9.17) is 0 Å². The lowest BCUT2D eigenvalue weighted by Crippen LogP contribution is -2.24. The molecule has 0 N–H and O–H groups in total. The predicted molar refractivity (Wildman–Crippen MR) is 61.4 cm³/mol. The van der Waals surface area contributed by atoms with Crippen molar-refractivity contribution in [3.05, 3.63) is 0 Å². The number of hydrogen-bond acceptors (Lipinski definition) is 6. The first-order chi connectivity index (χ1) is 8.11. The molecular weight excluding hydrogens is 228 g/mol. The third-order valence-electron chi connectivity index (χ3n) is 0.945. The minimum atomic E-state index is -1.20. The van der Waals surface area contributed by atoms with E-state index in [1.54, 1.807) is 0 Å². The van der Waals surface area contributed by atoms with Gasteiger partial charge in [-0.1, -0.05) is 27.7 Å². The molecule has 0 radical (unpaired) electrons. The largest absolute Gasteiger partial charge is 0.460 e. The Labute approximate surface area is 101 Å². The lowest BCUT2D eigenvalue weighted by Gasteiger charge is -1.99. The summed E-state index contributed by atoms with van der Waals surface area (Å²) < 4.78 is 8.36. The summed E-state index contributed by atoms with van der Waals surface area (Å²) >= 11 is 0. The average Bonchev–Trinajstić information content (AvgIpc) is 2.40. The van der Waals surface area contributed by atoms with Crippen molar-refractivity contribution in [1.29, 1.82) is 0 Å². The van der Waals surface area contributed by atoms with E-state index in [2.05, 4.69) is 9.47 Å². The Morgan fingerprint density at radius 3 is 1.82 bits per heavy atom. The Hall–Kier alpha value is -1.72. The van der Waals surface area contributed by atoms with E-state index in [1.165, 1.54) is 6.92 Å². The van der Waals surface area contributed by atoms with E-state index in [1.807, 2.05) is 27.7 Å². The van der Waals surface area contributed by atoms with Crippen LogP contribution in [0.3, 0.4) is 0 Å². The molecule has 0 saturated carbocycles. The number of ketones is 1. The molecule has 100 valence electrons. The highest BCUT2D eigenvalue weighted by Gasteiger charge is 2.16. The number of aldehydes is 1. The van der Waals surface area contributed by atoms with Crippen LogP contribution in [0.2, 0.25) is 0 Å². The molecular formula is C11H20O6. The molecule has 0 aromatic heterocycles. The van der Waals surface area contributed by atoms with Crippen molar-refractivity contribution >= 4 is 24.0 Å². The van der Waals surface area contributed by atoms with Crippen LogP contribution in [0, 0.1) is 0 Å². The van der Waals surface area contributed by atoms with E-state index in [9.17, 15) is 19.2 Å². The van der Waals surface area contributed by atoms with Crippen molar-refractivity contribution in [1.82, 2.24) is 0 Å². The molecule has 6 heteroatoms. The van der Waals surface area contributed by atoms with Crippen molar-refractivity contribution in [3.63, 3.8) is 0 Å². The molecule has 0 aliphatic carbocycles. The van der Waals surface area contributed by atoms with Crippen molar-refractivity contribution < 1.29 is 28.7 Å². The second-order valence-electron chi connectivity index (χ2n) is 1.87. The van der Waals surface area contributed by atoms with E-state index < -0.39 is 24.3 Å². The lowest BCUT2D eigenvalue weighted by atomic mass is 10.4. The van der Waals surface area contributed by atoms with Crippen LogP contribution < -0.4 is 0 Å². The number of hydrogen-bond donors (Lipinski definition) is 0.